The van der Waals surface area contributed by atoms with Crippen molar-refractivity contribution in [2.45, 2.75) is 85.3 Å². The van der Waals surface area contributed by atoms with Crippen molar-refractivity contribution in [3.8, 4) is 11.5 Å². The molecule has 11 heteroatoms. The zero-order valence-corrected chi connectivity index (χ0v) is 24.1. The highest BCUT2D eigenvalue weighted by Crippen LogP contribution is 2.32. The average Bonchev–Trinajstić information content (AvgIpc) is 2.90. The van der Waals surface area contributed by atoms with Gasteiger partial charge in [0.05, 0.1) is 20.3 Å². The van der Waals surface area contributed by atoms with Gasteiger partial charge in [-0.15, -0.1) is 0 Å². The lowest BCUT2D eigenvalue weighted by Gasteiger charge is -2.29. The van der Waals surface area contributed by atoms with Crippen LogP contribution in [0.1, 0.15) is 72.8 Å². The summed E-state index contributed by atoms with van der Waals surface area (Å²) in [7, 11) is 1.20. The first-order chi connectivity index (χ1) is 18.4. The van der Waals surface area contributed by atoms with Crippen molar-refractivity contribution in [3.63, 3.8) is 0 Å². The number of rotatable bonds is 15. The van der Waals surface area contributed by atoms with Crippen molar-refractivity contribution >= 4 is 24.2 Å². The fourth-order valence-electron chi connectivity index (χ4n) is 3.38. The number of nitrogens with two attached hydrogens (primary N) is 1. The smallest absolute Gasteiger partial charge is 0.468 e. The fourth-order valence-corrected chi connectivity index (χ4v) is 3.38. The Bertz CT molecular complexity index is 966. The molecule has 0 bridgehead atoms. The number of carbonyl (C=O) groups is 4. The third-order valence-electron chi connectivity index (χ3n) is 6.14. The molecule has 0 aliphatic rings. The summed E-state index contributed by atoms with van der Waals surface area (Å²) < 4.78 is 31.2. The zero-order valence-electron chi connectivity index (χ0n) is 24.1. The Morgan fingerprint density at radius 2 is 1.41 bits per heavy atom. The summed E-state index contributed by atoms with van der Waals surface area (Å²) in [5.74, 6) is -1.09. The van der Waals surface area contributed by atoms with Crippen LogP contribution in [0.4, 0.5) is 9.59 Å². The Balaban J connectivity index is 3.23. The van der Waals surface area contributed by atoms with Gasteiger partial charge in [-0.25, -0.2) is 9.59 Å². The van der Waals surface area contributed by atoms with Crippen molar-refractivity contribution in [2.24, 2.45) is 17.6 Å². The molecule has 1 aromatic rings. The molecule has 3 unspecified atom stereocenters. The monoisotopic (exact) mass is 553 g/mol. The highest BCUT2D eigenvalue weighted by atomic mass is 16.7. The molecule has 220 valence electrons. The second kappa shape index (κ2) is 16.6. The second-order valence-corrected chi connectivity index (χ2v) is 9.82. The molecule has 0 saturated carbocycles. The lowest BCUT2D eigenvalue weighted by Crippen LogP contribution is -2.53. The van der Waals surface area contributed by atoms with Crippen LogP contribution in [0.5, 0.6) is 11.5 Å². The molecule has 1 aromatic carbocycles. The van der Waals surface area contributed by atoms with Crippen molar-refractivity contribution in [1.82, 2.24) is 0 Å². The lowest BCUT2D eigenvalue weighted by atomic mass is 9.86. The van der Waals surface area contributed by atoms with Crippen LogP contribution in [0, 0.1) is 11.8 Å². The summed E-state index contributed by atoms with van der Waals surface area (Å²) in [5.41, 5.74) is 5.33. The summed E-state index contributed by atoms with van der Waals surface area (Å²) in [6.45, 7) is 11.4. The molecule has 39 heavy (non-hydrogen) atoms. The Kier molecular flexibility index (Phi) is 14.3. The quantitative estimate of drug-likeness (QED) is 0.178. The van der Waals surface area contributed by atoms with E-state index in [-0.39, 0.29) is 55.8 Å². The molecule has 0 aliphatic carbocycles. The maximum atomic E-state index is 12.7. The summed E-state index contributed by atoms with van der Waals surface area (Å²) in [5, 5.41) is 0. The Labute approximate surface area is 230 Å². The minimum Gasteiger partial charge on any atom is -0.468 e. The summed E-state index contributed by atoms with van der Waals surface area (Å²) >= 11 is 0. The SMILES string of the molecule is CCC(=O)O[C@@H](C)CC(N)(Cc1ccc(OC(=O)OCC(C)CC)c(OC(=O)OCC(C)CC)c1)C(=O)OC. The highest BCUT2D eigenvalue weighted by molar-refractivity contribution is 5.81. The first-order valence-electron chi connectivity index (χ1n) is 13.3. The fraction of sp³-hybridized carbons (Fsp3) is 0.643. The van der Waals surface area contributed by atoms with E-state index in [1.165, 1.54) is 19.2 Å². The van der Waals surface area contributed by atoms with E-state index in [2.05, 4.69) is 0 Å². The van der Waals surface area contributed by atoms with E-state index in [1.807, 2.05) is 27.7 Å². The molecule has 0 radical (unpaired) electrons. The molecule has 0 amide bonds. The van der Waals surface area contributed by atoms with Gasteiger partial charge < -0.3 is 34.2 Å². The molecule has 1 rings (SSSR count). The normalized spacial score (nSPS) is 14.7. The maximum absolute atomic E-state index is 12.7. The van der Waals surface area contributed by atoms with Crippen LogP contribution in [0.15, 0.2) is 18.2 Å². The number of hydrogen-bond donors (Lipinski definition) is 1. The highest BCUT2D eigenvalue weighted by Gasteiger charge is 2.38. The van der Waals surface area contributed by atoms with Crippen LogP contribution in [0.25, 0.3) is 0 Å². The largest absolute Gasteiger partial charge is 0.513 e. The molecule has 2 N–H and O–H groups in total. The van der Waals surface area contributed by atoms with E-state index < -0.39 is 35.9 Å². The van der Waals surface area contributed by atoms with Gasteiger partial charge in [0.1, 0.15) is 11.6 Å². The van der Waals surface area contributed by atoms with Gasteiger partial charge in [0.2, 0.25) is 0 Å². The number of esters is 2. The summed E-state index contributed by atoms with van der Waals surface area (Å²) in [6, 6.07) is 4.37. The first kappa shape index (κ1) is 33.7. The predicted octanol–water partition coefficient (Wildman–Crippen LogP) is 4.95. The molecule has 0 heterocycles. The lowest BCUT2D eigenvalue weighted by molar-refractivity contribution is -0.154. The van der Waals surface area contributed by atoms with Gasteiger partial charge in [-0.3, -0.25) is 9.59 Å². The van der Waals surface area contributed by atoms with E-state index in [4.69, 9.17) is 34.2 Å². The van der Waals surface area contributed by atoms with Crippen LogP contribution in [-0.2, 0) is 35.0 Å². The third-order valence-corrected chi connectivity index (χ3v) is 6.14. The van der Waals surface area contributed by atoms with Crippen LogP contribution in [0.2, 0.25) is 0 Å². The van der Waals surface area contributed by atoms with E-state index in [0.717, 1.165) is 12.8 Å². The van der Waals surface area contributed by atoms with Crippen molar-refractivity contribution in [2.75, 3.05) is 20.3 Å². The minimum atomic E-state index is -1.58. The average molecular weight is 554 g/mol. The van der Waals surface area contributed by atoms with Crippen LogP contribution >= 0.6 is 0 Å². The zero-order chi connectivity index (χ0) is 29.6. The van der Waals surface area contributed by atoms with Crippen molar-refractivity contribution in [1.29, 1.82) is 0 Å². The van der Waals surface area contributed by atoms with E-state index >= 15 is 0 Å². The summed E-state index contributed by atoms with van der Waals surface area (Å²) in [4.78, 5) is 49.0. The molecule has 0 saturated heterocycles. The van der Waals surface area contributed by atoms with Crippen LogP contribution in [0.3, 0.4) is 0 Å². The van der Waals surface area contributed by atoms with Gasteiger partial charge in [0.25, 0.3) is 0 Å². The predicted molar refractivity (Wildman–Crippen MR) is 142 cm³/mol. The van der Waals surface area contributed by atoms with E-state index in [0.29, 0.717) is 5.56 Å². The van der Waals surface area contributed by atoms with Gasteiger partial charge in [-0.2, -0.15) is 0 Å². The molecule has 0 aromatic heterocycles. The number of hydrogen-bond acceptors (Lipinski definition) is 11. The molecular formula is C28H43NO10. The third kappa shape index (κ3) is 11.9. The van der Waals surface area contributed by atoms with Gasteiger partial charge >= 0.3 is 24.2 Å². The Morgan fingerprint density at radius 3 is 1.90 bits per heavy atom. The molecule has 4 atom stereocenters. The maximum Gasteiger partial charge on any atom is 0.513 e. The van der Waals surface area contributed by atoms with Gasteiger partial charge in [0, 0.05) is 19.3 Å². The van der Waals surface area contributed by atoms with Crippen LogP contribution < -0.4 is 15.2 Å². The first-order valence-corrected chi connectivity index (χ1v) is 13.3. The van der Waals surface area contributed by atoms with Crippen molar-refractivity contribution < 1.29 is 47.6 Å². The van der Waals surface area contributed by atoms with Gasteiger partial charge in [0.15, 0.2) is 11.5 Å². The standard InChI is InChI=1S/C28H43NO10/c1-8-18(4)16-35-26(32)38-22-12-11-21(13-23(22)39-27(33)36-17-19(5)9-2)15-28(29,25(31)34-7)14-20(6)37-24(30)10-3/h11-13,18-20H,8-10,14-17,29H2,1-7H3/t18?,19?,20-,28?/m0/s1. The minimum absolute atomic E-state index is 0.0290. The van der Waals surface area contributed by atoms with Gasteiger partial charge in [-0.05, 0) is 36.5 Å². The molecule has 0 spiro atoms. The number of carbonyl (C=O) groups excluding carboxylic acids is 4. The molecule has 0 aliphatic heterocycles. The van der Waals surface area contributed by atoms with Crippen molar-refractivity contribution in [3.05, 3.63) is 23.8 Å². The van der Waals surface area contributed by atoms with Crippen LogP contribution in [-0.4, -0.2) is 56.2 Å². The molecule has 0 fully saturated rings. The number of benzene rings is 1. The van der Waals surface area contributed by atoms with E-state index in [1.54, 1.807) is 19.9 Å². The second-order valence-electron chi connectivity index (χ2n) is 9.82. The summed E-state index contributed by atoms with van der Waals surface area (Å²) in [6.07, 6.45) is -0.922. The van der Waals surface area contributed by atoms with Gasteiger partial charge in [-0.1, -0.05) is 53.5 Å². The topological polar surface area (TPSA) is 150 Å². The Hall–Kier alpha value is -3.34. The number of ether oxygens (including phenoxy) is 6. The van der Waals surface area contributed by atoms with E-state index in [9.17, 15) is 19.2 Å². The molecule has 11 nitrogen and oxygen atoms in total. The Morgan fingerprint density at radius 1 is 0.872 bits per heavy atom. The number of methoxy groups -OCH3 is 1. The molecular weight excluding hydrogens is 510 g/mol.